The third-order valence-electron chi connectivity index (χ3n) is 5.45. The second-order valence-corrected chi connectivity index (χ2v) is 7.60. The summed E-state index contributed by atoms with van der Waals surface area (Å²) in [6.07, 6.45) is 6.26. The van der Waals surface area contributed by atoms with Crippen LogP contribution in [0.3, 0.4) is 0 Å². The van der Waals surface area contributed by atoms with Crippen molar-refractivity contribution in [1.29, 1.82) is 0 Å². The van der Waals surface area contributed by atoms with Crippen molar-refractivity contribution < 1.29 is 14.3 Å². The lowest BCUT2D eigenvalue weighted by molar-refractivity contribution is -0.137. The standard InChI is InChI=1S/C23H30N4O3/c1-4-8-16(9-5-2)22(29)27-13-12-19-17(15-27)14-24-23(25-19)26-21(28)18-10-6-7-11-20(18)30-3/h6-7,10-11,14,16H,4-5,8-9,12-13,15H2,1-3H3,(H,24,25,26,28). The predicted octanol–water partition coefficient (Wildman–Crippen LogP) is 3.84. The molecule has 2 aromatic rings. The van der Waals surface area contributed by atoms with E-state index in [9.17, 15) is 9.59 Å². The molecule has 1 N–H and O–H groups in total. The molecule has 0 fully saturated rings. The zero-order chi connectivity index (χ0) is 21.5. The van der Waals surface area contributed by atoms with Crippen LogP contribution in [0.4, 0.5) is 5.95 Å². The van der Waals surface area contributed by atoms with Gasteiger partial charge in [0.1, 0.15) is 5.75 Å². The minimum atomic E-state index is -0.318. The minimum absolute atomic E-state index is 0.0990. The summed E-state index contributed by atoms with van der Waals surface area (Å²) in [5, 5.41) is 2.75. The molecule has 0 aliphatic carbocycles. The minimum Gasteiger partial charge on any atom is -0.496 e. The van der Waals surface area contributed by atoms with Gasteiger partial charge in [0.25, 0.3) is 5.91 Å². The molecule has 0 saturated carbocycles. The van der Waals surface area contributed by atoms with Crippen molar-refractivity contribution in [2.75, 3.05) is 19.0 Å². The van der Waals surface area contributed by atoms with E-state index in [0.29, 0.717) is 30.8 Å². The third-order valence-corrected chi connectivity index (χ3v) is 5.45. The SMILES string of the molecule is CCCC(CCC)C(=O)N1CCc2nc(NC(=O)c3ccccc3OC)ncc2C1. The van der Waals surface area contributed by atoms with Gasteiger partial charge in [-0.2, -0.15) is 0 Å². The number of nitrogens with zero attached hydrogens (tertiary/aromatic N) is 3. The van der Waals surface area contributed by atoms with Crippen molar-refractivity contribution in [2.24, 2.45) is 5.92 Å². The van der Waals surface area contributed by atoms with E-state index in [1.165, 1.54) is 7.11 Å². The maximum atomic E-state index is 12.9. The van der Waals surface area contributed by atoms with Gasteiger partial charge in [-0.05, 0) is 25.0 Å². The van der Waals surface area contributed by atoms with Crippen molar-refractivity contribution in [1.82, 2.24) is 14.9 Å². The van der Waals surface area contributed by atoms with Crippen LogP contribution in [0.1, 0.15) is 61.1 Å². The van der Waals surface area contributed by atoms with E-state index in [-0.39, 0.29) is 23.7 Å². The number of aromatic nitrogens is 2. The second-order valence-electron chi connectivity index (χ2n) is 7.60. The van der Waals surface area contributed by atoms with E-state index in [2.05, 4.69) is 29.1 Å². The molecule has 1 aliphatic rings. The van der Waals surface area contributed by atoms with Crippen LogP contribution in [0, 0.1) is 5.92 Å². The van der Waals surface area contributed by atoms with E-state index in [1.807, 2.05) is 11.0 Å². The van der Waals surface area contributed by atoms with Crippen molar-refractivity contribution >= 4 is 17.8 Å². The highest BCUT2D eigenvalue weighted by Crippen LogP contribution is 2.24. The highest BCUT2D eigenvalue weighted by atomic mass is 16.5. The van der Waals surface area contributed by atoms with Gasteiger partial charge in [0.05, 0.1) is 18.4 Å². The first kappa shape index (κ1) is 21.7. The predicted molar refractivity (Wildman–Crippen MR) is 115 cm³/mol. The maximum Gasteiger partial charge on any atom is 0.261 e. The number of fused-ring (bicyclic) bond motifs is 1. The van der Waals surface area contributed by atoms with Crippen LogP contribution < -0.4 is 10.1 Å². The molecule has 0 unspecified atom stereocenters. The van der Waals surface area contributed by atoms with Crippen LogP contribution in [0.15, 0.2) is 30.5 Å². The Hall–Kier alpha value is -2.96. The highest BCUT2D eigenvalue weighted by Gasteiger charge is 2.27. The van der Waals surface area contributed by atoms with E-state index in [0.717, 1.165) is 36.9 Å². The normalized spacial score (nSPS) is 13.1. The summed E-state index contributed by atoms with van der Waals surface area (Å²) in [4.78, 5) is 36.3. The first-order valence-corrected chi connectivity index (χ1v) is 10.6. The lowest BCUT2D eigenvalue weighted by atomic mass is 9.95. The fraction of sp³-hybridized carbons (Fsp3) is 0.478. The lowest BCUT2D eigenvalue weighted by Crippen LogP contribution is -2.40. The fourth-order valence-corrected chi connectivity index (χ4v) is 3.91. The molecule has 0 radical (unpaired) electrons. The third kappa shape index (κ3) is 4.96. The molecular formula is C23H30N4O3. The molecular weight excluding hydrogens is 380 g/mol. The molecule has 0 atom stereocenters. The molecule has 1 aromatic carbocycles. The number of benzene rings is 1. The number of para-hydroxylation sites is 1. The Morgan fingerprint density at radius 1 is 1.20 bits per heavy atom. The average molecular weight is 411 g/mol. The Morgan fingerprint density at radius 3 is 2.63 bits per heavy atom. The number of methoxy groups -OCH3 is 1. The summed E-state index contributed by atoms with van der Waals surface area (Å²) < 4.78 is 5.24. The monoisotopic (exact) mass is 410 g/mol. The Bertz CT molecular complexity index is 894. The smallest absolute Gasteiger partial charge is 0.261 e. The molecule has 7 nitrogen and oxygen atoms in total. The molecule has 1 aromatic heterocycles. The first-order chi connectivity index (χ1) is 14.6. The maximum absolute atomic E-state index is 12.9. The summed E-state index contributed by atoms with van der Waals surface area (Å²) in [7, 11) is 1.53. The van der Waals surface area contributed by atoms with E-state index >= 15 is 0 Å². The number of ether oxygens (including phenoxy) is 1. The number of hydrogen-bond acceptors (Lipinski definition) is 5. The Balaban J connectivity index is 1.69. The van der Waals surface area contributed by atoms with Crippen molar-refractivity contribution in [3.63, 3.8) is 0 Å². The van der Waals surface area contributed by atoms with Crippen LogP contribution in [0.2, 0.25) is 0 Å². The zero-order valence-corrected chi connectivity index (χ0v) is 18.0. The van der Waals surface area contributed by atoms with Gasteiger partial charge in [-0.15, -0.1) is 0 Å². The quantitative estimate of drug-likeness (QED) is 0.715. The Kier molecular flexibility index (Phi) is 7.38. The summed E-state index contributed by atoms with van der Waals surface area (Å²) in [5.41, 5.74) is 2.25. The Morgan fingerprint density at radius 2 is 1.93 bits per heavy atom. The lowest BCUT2D eigenvalue weighted by Gasteiger charge is -2.31. The van der Waals surface area contributed by atoms with Crippen molar-refractivity contribution in [2.45, 2.75) is 52.5 Å². The van der Waals surface area contributed by atoms with Gasteiger partial charge in [-0.25, -0.2) is 9.97 Å². The van der Waals surface area contributed by atoms with E-state index in [4.69, 9.17) is 4.74 Å². The Labute approximate surface area is 177 Å². The average Bonchev–Trinajstić information content (AvgIpc) is 2.78. The fourth-order valence-electron chi connectivity index (χ4n) is 3.91. The van der Waals surface area contributed by atoms with Gasteiger partial charge in [0, 0.05) is 37.2 Å². The molecule has 0 saturated heterocycles. The molecule has 0 spiro atoms. The number of amides is 2. The van der Waals surface area contributed by atoms with Gasteiger partial charge in [0.15, 0.2) is 0 Å². The van der Waals surface area contributed by atoms with E-state index < -0.39 is 0 Å². The second kappa shape index (κ2) is 10.2. The van der Waals surface area contributed by atoms with Crippen LogP contribution in [0.25, 0.3) is 0 Å². The number of rotatable bonds is 8. The summed E-state index contributed by atoms with van der Waals surface area (Å²) in [6.45, 7) is 5.41. The largest absolute Gasteiger partial charge is 0.496 e. The first-order valence-electron chi connectivity index (χ1n) is 10.6. The summed E-state index contributed by atoms with van der Waals surface area (Å²) in [5.74, 6) is 0.775. The van der Waals surface area contributed by atoms with Crippen LogP contribution >= 0.6 is 0 Å². The summed E-state index contributed by atoms with van der Waals surface area (Å²) in [6, 6.07) is 7.02. The number of carbonyl (C=O) groups excluding carboxylic acids is 2. The van der Waals surface area contributed by atoms with Crippen LogP contribution in [-0.4, -0.2) is 40.3 Å². The van der Waals surface area contributed by atoms with Gasteiger partial charge >= 0.3 is 0 Å². The molecule has 7 heteroatoms. The number of anilines is 1. The van der Waals surface area contributed by atoms with Crippen molar-refractivity contribution in [3.05, 3.63) is 47.3 Å². The van der Waals surface area contributed by atoms with E-state index in [1.54, 1.807) is 24.4 Å². The number of hydrogen-bond donors (Lipinski definition) is 1. The topological polar surface area (TPSA) is 84.4 Å². The molecule has 2 amide bonds. The highest BCUT2D eigenvalue weighted by molar-refractivity contribution is 6.05. The van der Waals surface area contributed by atoms with Crippen molar-refractivity contribution in [3.8, 4) is 5.75 Å². The molecule has 1 aliphatic heterocycles. The van der Waals surface area contributed by atoms with Gasteiger partial charge < -0.3 is 9.64 Å². The molecule has 30 heavy (non-hydrogen) atoms. The molecule has 0 bridgehead atoms. The molecule has 3 rings (SSSR count). The van der Waals surface area contributed by atoms with Crippen LogP contribution in [-0.2, 0) is 17.8 Å². The van der Waals surface area contributed by atoms with Gasteiger partial charge in [0.2, 0.25) is 11.9 Å². The number of nitrogens with one attached hydrogen (secondary N) is 1. The van der Waals surface area contributed by atoms with Crippen LogP contribution in [0.5, 0.6) is 5.75 Å². The summed E-state index contributed by atoms with van der Waals surface area (Å²) >= 11 is 0. The molecule has 160 valence electrons. The number of carbonyl (C=O) groups is 2. The molecule has 2 heterocycles. The zero-order valence-electron chi connectivity index (χ0n) is 18.0. The van der Waals surface area contributed by atoms with Gasteiger partial charge in [-0.1, -0.05) is 38.8 Å². The van der Waals surface area contributed by atoms with Gasteiger partial charge in [-0.3, -0.25) is 14.9 Å².